The number of ether oxygens (including phenoxy) is 1. The van der Waals surface area contributed by atoms with Crippen LogP contribution in [0, 0.1) is 0 Å². The van der Waals surface area contributed by atoms with Crippen LogP contribution in [0.3, 0.4) is 0 Å². The fourth-order valence-corrected chi connectivity index (χ4v) is 3.57. The van der Waals surface area contributed by atoms with Crippen molar-refractivity contribution in [1.82, 2.24) is 20.1 Å². The van der Waals surface area contributed by atoms with Gasteiger partial charge in [0.1, 0.15) is 12.3 Å². The predicted octanol–water partition coefficient (Wildman–Crippen LogP) is 1.48. The van der Waals surface area contributed by atoms with E-state index >= 15 is 0 Å². The molecule has 1 unspecified atom stereocenters. The first-order valence-electron chi connectivity index (χ1n) is 8.12. The van der Waals surface area contributed by atoms with Crippen molar-refractivity contribution in [2.75, 3.05) is 43.4 Å². The second-order valence-electron chi connectivity index (χ2n) is 6.20. The van der Waals surface area contributed by atoms with Gasteiger partial charge in [-0.2, -0.15) is 4.98 Å². The molecule has 2 aliphatic heterocycles. The van der Waals surface area contributed by atoms with Gasteiger partial charge in [0.25, 0.3) is 0 Å². The molecule has 3 heterocycles. The Morgan fingerprint density at radius 3 is 2.88 bits per heavy atom. The maximum Gasteiger partial charge on any atom is 0.320 e. The van der Waals surface area contributed by atoms with E-state index in [1.807, 2.05) is 4.90 Å². The van der Waals surface area contributed by atoms with Crippen molar-refractivity contribution in [2.45, 2.75) is 6.04 Å². The second kappa shape index (κ2) is 6.86. The normalized spacial score (nSPS) is 20.6. The molecule has 0 amide bonds. The molecule has 0 bridgehead atoms. The van der Waals surface area contributed by atoms with Gasteiger partial charge in [-0.15, -0.1) is 10.2 Å². The molecule has 2 saturated heterocycles. The van der Waals surface area contributed by atoms with E-state index in [1.54, 1.807) is 18.2 Å². The largest absolute Gasteiger partial charge is 0.463 e. The van der Waals surface area contributed by atoms with Crippen LogP contribution in [0.1, 0.15) is 0 Å². The molecule has 26 heavy (non-hydrogen) atoms. The average molecular weight is 395 g/mol. The number of morpholine rings is 1. The highest BCUT2D eigenvalue weighted by Crippen LogP contribution is 2.34. The van der Waals surface area contributed by atoms with Crippen LogP contribution in [0.2, 0.25) is 10.0 Å². The van der Waals surface area contributed by atoms with Crippen LogP contribution >= 0.6 is 23.2 Å². The zero-order valence-corrected chi connectivity index (χ0v) is 15.2. The van der Waals surface area contributed by atoms with Gasteiger partial charge in [-0.05, 0) is 6.07 Å². The Bertz CT molecular complexity index is 865. The molecule has 1 aromatic carbocycles. The number of rotatable bonds is 2. The topological polar surface area (TPSA) is 97.5 Å². The summed E-state index contributed by atoms with van der Waals surface area (Å²) in [5.41, 5.74) is 7.09. The maximum atomic E-state index is 11.4. The van der Waals surface area contributed by atoms with Gasteiger partial charge < -0.3 is 15.4 Å². The molecule has 0 spiro atoms. The first-order valence-corrected chi connectivity index (χ1v) is 8.87. The number of fused-ring (bicyclic) bond motifs is 1. The Kier molecular flexibility index (Phi) is 4.56. The van der Waals surface area contributed by atoms with Crippen LogP contribution in [0.25, 0.3) is 11.3 Å². The van der Waals surface area contributed by atoms with Crippen LogP contribution in [-0.4, -0.2) is 64.9 Å². The van der Waals surface area contributed by atoms with Crippen molar-refractivity contribution < 1.29 is 9.53 Å². The SMILES string of the molecule is Nc1nc(N2CCN3CC(=O)OCC3C2)nnc1-c1cccc(Cl)c1Cl. The minimum atomic E-state index is -0.181. The van der Waals surface area contributed by atoms with Gasteiger partial charge in [0.2, 0.25) is 5.95 Å². The summed E-state index contributed by atoms with van der Waals surface area (Å²) in [5.74, 6) is 0.497. The molecule has 0 saturated carbocycles. The number of hydrogen-bond donors (Lipinski definition) is 1. The molecule has 2 aromatic rings. The van der Waals surface area contributed by atoms with E-state index < -0.39 is 0 Å². The number of benzene rings is 1. The second-order valence-corrected chi connectivity index (χ2v) is 6.99. The van der Waals surface area contributed by atoms with Gasteiger partial charge in [-0.3, -0.25) is 9.69 Å². The molecule has 1 aromatic heterocycles. The number of carbonyl (C=O) groups excluding carboxylic acids is 1. The summed E-state index contributed by atoms with van der Waals surface area (Å²) in [6.07, 6.45) is 0. The summed E-state index contributed by atoms with van der Waals surface area (Å²) in [6.45, 7) is 2.75. The molecule has 2 N–H and O–H groups in total. The summed E-state index contributed by atoms with van der Waals surface area (Å²) < 4.78 is 5.14. The summed E-state index contributed by atoms with van der Waals surface area (Å²) in [7, 11) is 0. The number of hydrogen-bond acceptors (Lipinski definition) is 8. The van der Waals surface area contributed by atoms with Crippen molar-refractivity contribution in [1.29, 1.82) is 0 Å². The lowest BCUT2D eigenvalue weighted by Crippen LogP contribution is -2.59. The van der Waals surface area contributed by atoms with E-state index in [0.717, 1.165) is 6.54 Å². The summed E-state index contributed by atoms with van der Waals surface area (Å²) >= 11 is 12.3. The van der Waals surface area contributed by atoms with Crippen LogP contribution < -0.4 is 10.6 Å². The third-order valence-corrected chi connectivity index (χ3v) is 5.38. The van der Waals surface area contributed by atoms with Crippen molar-refractivity contribution in [3.8, 4) is 11.3 Å². The maximum absolute atomic E-state index is 11.4. The monoisotopic (exact) mass is 394 g/mol. The number of aromatic nitrogens is 3. The lowest BCUT2D eigenvalue weighted by atomic mass is 10.1. The summed E-state index contributed by atoms with van der Waals surface area (Å²) in [4.78, 5) is 19.9. The van der Waals surface area contributed by atoms with Gasteiger partial charge in [-0.1, -0.05) is 35.3 Å². The molecule has 2 fully saturated rings. The van der Waals surface area contributed by atoms with Crippen LogP contribution in [-0.2, 0) is 9.53 Å². The number of nitrogen functional groups attached to an aromatic ring is 1. The molecule has 10 heteroatoms. The molecule has 0 radical (unpaired) electrons. The van der Waals surface area contributed by atoms with E-state index in [-0.39, 0.29) is 17.8 Å². The van der Waals surface area contributed by atoms with E-state index in [0.29, 0.717) is 53.5 Å². The molecule has 2 aliphatic rings. The van der Waals surface area contributed by atoms with Gasteiger partial charge >= 0.3 is 5.97 Å². The lowest BCUT2D eigenvalue weighted by Gasteiger charge is -2.42. The van der Waals surface area contributed by atoms with E-state index in [1.165, 1.54) is 0 Å². The Labute approximate surface area is 159 Å². The molecular weight excluding hydrogens is 379 g/mol. The first-order chi connectivity index (χ1) is 12.5. The van der Waals surface area contributed by atoms with Crippen LogP contribution in [0.5, 0.6) is 0 Å². The van der Waals surface area contributed by atoms with E-state index in [9.17, 15) is 4.79 Å². The highest BCUT2D eigenvalue weighted by atomic mass is 35.5. The number of cyclic esters (lactones) is 1. The van der Waals surface area contributed by atoms with Gasteiger partial charge in [0.15, 0.2) is 5.82 Å². The number of nitrogens with two attached hydrogens (primary N) is 1. The predicted molar refractivity (Wildman–Crippen MR) is 98.2 cm³/mol. The van der Waals surface area contributed by atoms with Crippen molar-refractivity contribution >= 4 is 40.9 Å². The quantitative estimate of drug-likeness (QED) is 0.764. The number of nitrogens with zero attached hydrogens (tertiary/aromatic N) is 5. The van der Waals surface area contributed by atoms with Gasteiger partial charge in [0.05, 0.1) is 22.6 Å². The highest BCUT2D eigenvalue weighted by Gasteiger charge is 2.34. The number of anilines is 2. The number of carbonyl (C=O) groups is 1. The van der Waals surface area contributed by atoms with E-state index in [4.69, 9.17) is 33.7 Å². The lowest BCUT2D eigenvalue weighted by molar-refractivity contribution is -0.154. The molecule has 1 atom stereocenters. The number of piperazine rings is 1. The smallest absolute Gasteiger partial charge is 0.320 e. The molecule has 0 aliphatic carbocycles. The minimum absolute atomic E-state index is 0.119. The Morgan fingerprint density at radius 2 is 2.08 bits per heavy atom. The van der Waals surface area contributed by atoms with Crippen molar-refractivity contribution in [3.63, 3.8) is 0 Å². The fraction of sp³-hybridized carbons (Fsp3) is 0.375. The highest BCUT2D eigenvalue weighted by molar-refractivity contribution is 6.43. The fourth-order valence-electron chi connectivity index (χ4n) is 3.18. The minimum Gasteiger partial charge on any atom is -0.463 e. The Balaban J connectivity index is 1.57. The third-order valence-electron chi connectivity index (χ3n) is 4.57. The average Bonchev–Trinajstić information content (AvgIpc) is 2.64. The third kappa shape index (κ3) is 3.15. The molecular formula is C16H16Cl2N6O2. The van der Waals surface area contributed by atoms with Crippen LogP contribution in [0.15, 0.2) is 18.2 Å². The summed E-state index contributed by atoms with van der Waals surface area (Å²) in [5, 5.41) is 9.22. The zero-order chi connectivity index (χ0) is 18.3. The van der Waals surface area contributed by atoms with Gasteiger partial charge in [-0.25, -0.2) is 0 Å². The standard InChI is InChI=1S/C16H16Cl2N6O2/c17-11-3-1-2-10(13(11)18)14-15(19)20-16(22-21-14)24-5-4-23-7-12(25)26-8-9(23)6-24/h1-3,9H,4-8H2,(H2,19,20,22). The summed E-state index contributed by atoms with van der Waals surface area (Å²) in [6, 6.07) is 5.34. The van der Waals surface area contributed by atoms with Gasteiger partial charge in [0, 0.05) is 25.2 Å². The number of esters is 1. The van der Waals surface area contributed by atoms with Crippen molar-refractivity contribution in [2.24, 2.45) is 0 Å². The zero-order valence-electron chi connectivity index (χ0n) is 13.7. The molecule has 8 nitrogen and oxygen atoms in total. The molecule has 4 rings (SSSR count). The van der Waals surface area contributed by atoms with E-state index in [2.05, 4.69) is 20.1 Å². The Morgan fingerprint density at radius 1 is 1.23 bits per heavy atom. The number of halogens is 2. The Hall–Kier alpha value is -2.16. The van der Waals surface area contributed by atoms with Crippen LogP contribution in [0.4, 0.5) is 11.8 Å². The van der Waals surface area contributed by atoms with Crippen molar-refractivity contribution in [3.05, 3.63) is 28.2 Å². The first kappa shape index (κ1) is 17.3. The molecule has 136 valence electrons.